The molecule has 0 aliphatic carbocycles. The van der Waals surface area contributed by atoms with Gasteiger partial charge >= 0.3 is 0 Å². The molecule has 1 aromatic heterocycles. The molecule has 1 N–H and O–H groups in total. The molecule has 0 unspecified atom stereocenters. The maximum atomic E-state index is 11.9. The molecule has 1 aromatic rings. The third kappa shape index (κ3) is 4.41. The van der Waals surface area contributed by atoms with Crippen LogP contribution < -0.4 is 5.32 Å². The van der Waals surface area contributed by atoms with Crippen molar-refractivity contribution in [3.8, 4) is 0 Å². The van der Waals surface area contributed by atoms with Gasteiger partial charge in [0, 0.05) is 32.9 Å². The highest BCUT2D eigenvalue weighted by Crippen LogP contribution is 2.19. The monoisotopic (exact) mass is 317 g/mol. The van der Waals surface area contributed by atoms with Crippen LogP contribution >= 0.6 is 11.6 Å². The van der Waals surface area contributed by atoms with Crippen LogP contribution in [-0.2, 0) is 25.5 Å². The van der Waals surface area contributed by atoms with Gasteiger partial charge in [0.15, 0.2) is 0 Å². The fourth-order valence-electron chi connectivity index (χ4n) is 2.42. The Morgan fingerprint density at radius 1 is 1.52 bits per heavy atom. The summed E-state index contributed by atoms with van der Waals surface area (Å²) >= 11 is 5.75. The van der Waals surface area contributed by atoms with E-state index < -0.39 is 0 Å². The SMILES string of the molecule is CO[C@H]1[C@H](CNC(=O)Cn2cc(Cl)cn2)COC[C@H]1OC. The van der Waals surface area contributed by atoms with Crippen LogP contribution in [0.15, 0.2) is 12.4 Å². The predicted molar refractivity (Wildman–Crippen MR) is 76.1 cm³/mol. The molecular formula is C13H20ClN3O4. The Morgan fingerprint density at radius 2 is 2.33 bits per heavy atom. The van der Waals surface area contributed by atoms with Crippen LogP contribution in [0.25, 0.3) is 0 Å². The van der Waals surface area contributed by atoms with Gasteiger partial charge in [0.25, 0.3) is 0 Å². The maximum absolute atomic E-state index is 11.9. The van der Waals surface area contributed by atoms with Crippen LogP contribution in [0.2, 0.25) is 5.02 Å². The minimum Gasteiger partial charge on any atom is -0.378 e. The Labute approximate surface area is 128 Å². The highest BCUT2D eigenvalue weighted by Gasteiger charge is 2.34. The summed E-state index contributed by atoms with van der Waals surface area (Å²) in [6.45, 7) is 1.63. The molecule has 0 radical (unpaired) electrons. The van der Waals surface area contributed by atoms with E-state index in [0.29, 0.717) is 24.8 Å². The lowest BCUT2D eigenvalue weighted by Gasteiger charge is -2.36. The van der Waals surface area contributed by atoms with Crippen molar-refractivity contribution in [2.45, 2.75) is 18.8 Å². The molecule has 2 heterocycles. The van der Waals surface area contributed by atoms with Crippen LogP contribution in [0, 0.1) is 5.92 Å². The molecule has 1 amide bonds. The van der Waals surface area contributed by atoms with Gasteiger partial charge in [-0.1, -0.05) is 11.6 Å². The molecule has 1 aliphatic heterocycles. The normalized spacial score (nSPS) is 25.8. The van der Waals surface area contributed by atoms with Crippen molar-refractivity contribution in [1.29, 1.82) is 0 Å². The van der Waals surface area contributed by atoms with E-state index >= 15 is 0 Å². The standard InChI is InChI=1S/C13H20ClN3O4/c1-19-11-8-21-7-9(13(11)20-2)3-15-12(18)6-17-5-10(14)4-16-17/h4-5,9,11,13H,3,6-8H2,1-2H3,(H,15,18)/t9-,11-,13+/m1/s1. The van der Waals surface area contributed by atoms with Gasteiger partial charge in [0.05, 0.1) is 30.5 Å². The van der Waals surface area contributed by atoms with Crippen LogP contribution in [0.3, 0.4) is 0 Å². The molecule has 2 rings (SSSR count). The minimum absolute atomic E-state index is 0.0545. The van der Waals surface area contributed by atoms with Gasteiger partial charge < -0.3 is 19.5 Å². The zero-order chi connectivity index (χ0) is 15.2. The Hall–Kier alpha value is -1.15. The van der Waals surface area contributed by atoms with E-state index in [1.165, 1.54) is 10.9 Å². The average Bonchev–Trinajstić information content (AvgIpc) is 2.89. The van der Waals surface area contributed by atoms with Crippen LogP contribution in [0.1, 0.15) is 0 Å². The first kappa shape index (κ1) is 16.2. The molecular weight excluding hydrogens is 298 g/mol. The quantitative estimate of drug-likeness (QED) is 0.818. The Morgan fingerprint density at radius 3 is 2.95 bits per heavy atom. The summed E-state index contributed by atoms with van der Waals surface area (Å²) in [5.41, 5.74) is 0. The molecule has 1 saturated heterocycles. The van der Waals surface area contributed by atoms with Crippen molar-refractivity contribution in [3.05, 3.63) is 17.4 Å². The molecule has 3 atom stereocenters. The summed E-state index contributed by atoms with van der Waals surface area (Å²) in [5.74, 6) is -0.0805. The molecule has 0 aromatic carbocycles. The number of carbonyl (C=O) groups is 1. The van der Waals surface area contributed by atoms with Crippen molar-refractivity contribution in [2.24, 2.45) is 5.92 Å². The Kier molecular flexibility index (Phi) is 5.98. The number of rotatable bonds is 6. The second kappa shape index (κ2) is 7.74. The van der Waals surface area contributed by atoms with Crippen LogP contribution in [0.5, 0.6) is 0 Å². The van der Waals surface area contributed by atoms with Gasteiger partial charge in [-0.05, 0) is 0 Å². The Bertz CT molecular complexity index is 468. The smallest absolute Gasteiger partial charge is 0.241 e. The second-order valence-electron chi connectivity index (χ2n) is 4.93. The van der Waals surface area contributed by atoms with Gasteiger partial charge in [-0.2, -0.15) is 5.10 Å². The number of ether oxygens (including phenoxy) is 3. The second-order valence-corrected chi connectivity index (χ2v) is 5.37. The average molecular weight is 318 g/mol. The zero-order valence-electron chi connectivity index (χ0n) is 12.1. The number of hydrogen-bond donors (Lipinski definition) is 1. The van der Waals surface area contributed by atoms with Gasteiger partial charge in [-0.3, -0.25) is 9.48 Å². The van der Waals surface area contributed by atoms with E-state index in [0.717, 1.165) is 0 Å². The molecule has 0 saturated carbocycles. The topological polar surface area (TPSA) is 74.6 Å². The number of halogens is 1. The summed E-state index contributed by atoms with van der Waals surface area (Å²) in [4.78, 5) is 11.9. The summed E-state index contributed by atoms with van der Waals surface area (Å²) < 4.78 is 17.8. The molecule has 7 nitrogen and oxygen atoms in total. The Balaban J connectivity index is 1.82. The lowest BCUT2D eigenvalue weighted by molar-refractivity contribution is -0.147. The first-order valence-corrected chi connectivity index (χ1v) is 7.09. The lowest BCUT2D eigenvalue weighted by atomic mass is 9.96. The largest absolute Gasteiger partial charge is 0.378 e. The summed E-state index contributed by atoms with van der Waals surface area (Å²) in [7, 11) is 3.27. The molecule has 21 heavy (non-hydrogen) atoms. The van der Waals surface area contributed by atoms with Crippen molar-refractivity contribution in [1.82, 2.24) is 15.1 Å². The van der Waals surface area contributed by atoms with Crippen molar-refractivity contribution in [2.75, 3.05) is 34.0 Å². The van der Waals surface area contributed by atoms with Crippen LogP contribution in [-0.4, -0.2) is 61.9 Å². The van der Waals surface area contributed by atoms with Crippen molar-refractivity contribution < 1.29 is 19.0 Å². The first-order valence-electron chi connectivity index (χ1n) is 6.72. The number of aromatic nitrogens is 2. The number of methoxy groups -OCH3 is 2. The van der Waals surface area contributed by atoms with Gasteiger partial charge in [0.1, 0.15) is 12.6 Å². The van der Waals surface area contributed by atoms with Gasteiger partial charge in [0.2, 0.25) is 5.91 Å². The summed E-state index contributed by atoms with van der Waals surface area (Å²) in [6.07, 6.45) is 2.89. The molecule has 1 fully saturated rings. The summed E-state index contributed by atoms with van der Waals surface area (Å²) in [5, 5.41) is 7.33. The summed E-state index contributed by atoms with van der Waals surface area (Å²) in [6, 6.07) is 0. The predicted octanol–water partition coefficient (Wildman–Crippen LogP) is 0.329. The molecule has 0 bridgehead atoms. The number of amides is 1. The lowest BCUT2D eigenvalue weighted by Crippen LogP contribution is -2.50. The number of nitrogens with one attached hydrogen (secondary N) is 1. The highest BCUT2D eigenvalue weighted by molar-refractivity contribution is 6.30. The third-order valence-electron chi connectivity index (χ3n) is 3.49. The molecule has 8 heteroatoms. The minimum atomic E-state index is -0.135. The first-order chi connectivity index (χ1) is 10.1. The fourth-order valence-corrected chi connectivity index (χ4v) is 2.58. The van der Waals surface area contributed by atoms with E-state index in [9.17, 15) is 4.79 Å². The number of hydrogen-bond acceptors (Lipinski definition) is 5. The third-order valence-corrected chi connectivity index (χ3v) is 3.68. The highest BCUT2D eigenvalue weighted by atomic mass is 35.5. The van der Waals surface area contributed by atoms with Gasteiger partial charge in [-0.25, -0.2) is 0 Å². The van der Waals surface area contributed by atoms with Gasteiger partial charge in [-0.15, -0.1) is 0 Å². The van der Waals surface area contributed by atoms with E-state index in [-0.39, 0.29) is 30.6 Å². The van der Waals surface area contributed by atoms with Crippen LogP contribution in [0.4, 0.5) is 0 Å². The van der Waals surface area contributed by atoms with E-state index in [2.05, 4.69) is 10.4 Å². The molecule has 0 spiro atoms. The van der Waals surface area contributed by atoms with E-state index in [1.54, 1.807) is 20.4 Å². The fraction of sp³-hybridized carbons (Fsp3) is 0.692. The zero-order valence-corrected chi connectivity index (χ0v) is 12.9. The van der Waals surface area contributed by atoms with E-state index in [4.69, 9.17) is 25.8 Å². The maximum Gasteiger partial charge on any atom is 0.241 e. The van der Waals surface area contributed by atoms with Crippen molar-refractivity contribution >= 4 is 17.5 Å². The molecule has 118 valence electrons. The number of nitrogens with zero attached hydrogens (tertiary/aromatic N) is 2. The van der Waals surface area contributed by atoms with Crippen molar-refractivity contribution in [3.63, 3.8) is 0 Å². The molecule has 1 aliphatic rings. The number of carbonyl (C=O) groups excluding carboxylic acids is 1. The van der Waals surface area contributed by atoms with E-state index in [1.807, 2.05) is 0 Å².